The molecular weight excluding hydrogens is 424 g/mol. The summed E-state index contributed by atoms with van der Waals surface area (Å²) in [7, 11) is 0. The van der Waals surface area contributed by atoms with Crippen molar-refractivity contribution in [3.8, 4) is 5.75 Å². The highest BCUT2D eigenvalue weighted by Gasteiger charge is 2.35. The number of ether oxygens (including phenoxy) is 2. The van der Waals surface area contributed by atoms with E-state index in [1.807, 2.05) is 0 Å². The predicted molar refractivity (Wildman–Crippen MR) is 113 cm³/mol. The van der Waals surface area contributed by atoms with E-state index in [1.165, 1.54) is 18.2 Å². The number of amides is 2. The van der Waals surface area contributed by atoms with Crippen molar-refractivity contribution >= 4 is 40.6 Å². The van der Waals surface area contributed by atoms with Crippen LogP contribution >= 0.6 is 11.8 Å². The zero-order chi connectivity index (χ0) is 22.4. The van der Waals surface area contributed by atoms with Crippen molar-refractivity contribution in [3.05, 3.63) is 74.7 Å². The number of nitrogens with zero attached hydrogens (tertiary/aromatic N) is 2. The average Bonchev–Trinajstić information content (AvgIpc) is 3.01. The lowest BCUT2D eigenvalue weighted by Gasteiger charge is -2.12. The number of rotatable bonds is 8. The molecule has 0 saturated carbocycles. The Hall–Kier alpha value is -3.66. The predicted octanol–water partition coefficient (Wildman–Crippen LogP) is 3.77. The Morgan fingerprint density at radius 1 is 1.19 bits per heavy atom. The number of thioether (sulfide) groups is 1. The molecule has 0 radical (unpaired) electrons. The largest absolute Gasteiger partial charge is 0.482 e. The summed E-state index contributed by atoms with van der Waals surface area (Å²) < 4.78 is 10.1. The molecular formula is C21H18N2O7S. The lowest BCUT2D eigenvalue weighted by atomic mass is 10.2. The van der Waals surface area contributed by atoms with Crippen molar-refractivity contribution < 1.29 is 28.8 Å². The van der Waals surface area contributed by atoms with E-state index in [2.05, 4.69) is 0 Å². The van der Waals surface area contributed by atoms with Gasteiger partial charge >= 0.3 is 5.97 Å². The van der Waals surface area contributed by atoms with Crippen molar-refractivity contribution in [1.82, 2.24) is 4.90 Å². The van der Waals surface area contributed by atoms with Crippen LogP contribution in [0.15, 0.2) is 53.4 Å². The van der Waals surface area contributed by atoms with E-state index in [0.717, 1.165) is 16.7 Å². The van der Waals surface area contributed by atoms with Crippen LogP contribution in [0.4, 0.5) is 10.5 Å². The minimum Gasteiger partial charge on any atom is -0.482 e. The summed E-state index contributed by atoms with van der Waals surface area (Å²) in [5.41, 5.74) is 1.05. The lowest BCUT2D eigenvalue weighted by Crippen LogP contribution is -2.27. The molecule has 1 saturated heterocycles. The number of benzene rings is 2. The molecule has 0 N–H and O–H groups in total. The Labute approximate surface area is 181 Å². The SMILES string of the molecule is CCOC(=O)COc1ccc(/C=C2\SC(=O)N(Cc3cccc([N+](=O)[O-])c3)C2=O)cc1. The molecule has 0 aromatic heterocycles. The fourth-order valence-electron chi connectivity index (χ4n) is 2.74. The molecule has 1 fully saturated rings. The molecule has 160 valence electrons. The van der Waals surface area contributed by atoms with Gasteiger partial charge in [-0.1, -0.05) is 24.3 Å². The van der Waals surface area contributed by atoms with Gasteiger partial charge in [-0.05, 0) is 48.0 Å². The van der Waals surface area contributed by atoms with Crippen LogP contribution in [0.1, 0.15) is 18.1 Å². The van der Waals surface area contributed by atoms with Crippen molar-refractivity contribution in [1.29, 1.82) is 0 Å². The smallest absolute Gasteiger partial charge is 0.344 e. The van der Waals surface area contributed by atoms with Crippen LogP contribution in [0.3, 0.4) is 0 Å². The number of carbonyl (C=O) groups is 3. The molecule has 1 aliphatic rings. The number of imide groups is 1. The van der Waals surface area contributed by atoms with Crippen molar-refractivity contribution in [2.24, 2.45) is 0 Å². The van der Waals surface area contributed by atoms with Crippen LogP contribution in [0.5, 0.6) is 5.75 Å². The van der Waals surface area contributed by atoms with Crippen LogP contribution in [-0.2, 0) is 20.9 Å². The fraction of sp³-hybridized carbons (Fsp3) is 0.190. The normalized spacial score (nSPS) is 14.7. The molecule has 2 aromatic carbocycles. The lowest BCUT2D eigenvalue weighted by molar-refractivity contribution is -0.384. The number of nitro benzene ring substituents is 1. The van der Waals surface area contributed by atoms with Crippen LogP contribution in [0.2, 0.25) is 0 Å². The van der Waals surface area contributed by atoms with Gasteiger partial charge in [-0.15, -0.1) is 0 Å². The van der Waals surface area contributed by atoms with Gasteiger partial charge in [0.1, 0.15) is 5.75 Å². The molecule has 2 aromatic rings. The molecule has 9 nitrogen and oxygen atoms in total. The van der Waals surface area contributed by atoms with Gasteiger partial charge in [-0.2, -0.15) is 0 Å². The number of hydrogen-bond acceptors (Lipinski definition) is 8. The zero-order valence-corrected chi connectivity index (χ0v) is 17.3. The summed E-state index contributed by atoms with van der Waals surface area (Å²) >= 11 is 0.802. The molecule has 0 spiro atoms. The van der Waals surface area contributed by atoms with Gasteiger partial charge < -0.3 is 9.47 Å². The molecule has 3 rings (SSSR count). The highest BCUT2D eigenvalue weighted by atomic mass is 32.2. The Balaban J connectivity index is 1.66. The second kappa shape index (κ2) is 9.90. The van der Waals surface area contributed by atoms with Gasteiger partial charge in [0.05, 0.1) is 23.0 Å². The number of non-ortho nitro benzene ring substituents is 1. The van der Waals surface area contributed by atoms with Crippen LogP contribution in [0.25, 0.3) is 6.08 Å². The third-order valence-corrected chi connectivity index (χ3v) is 5.08. The van der Waals surface area contributed by atoms with Gasteiger partial charge in [-0.25, -0.2) is 4.79 Å². The molecule has 1 heterocycles. The maximum Gasteiger partial charge on any atom is 0.344 e. The minimum absolute atomic E-state index is 0.0513. The average molecular weight is 442 g/mol. The van der Waals surface area contributed by atoms with Crippen LogP contribution in [0, 0.1) is 10.1 Å². The number of nitro groups is 1. The second-order valence-corrected chi connectivity index (χ2v) is 7.35. The first-order chi connectivity index (χ1) is 14.9. The summed E-state index contributed by atoms with van der Waals surface area (Å²) in [6.45, 7) is 1.73. The third-order valence-electron chi connectivity index (χ3n) is 4.18. The molecule has 31 heavy (non-hydrogen) atoms. The summed E-state index contributed by atoms with van der Waals surface area (Å²) in [5.74, 6) is -0.475. The van der Waals surface area contributed by atoms with E-state index in [0.29, 0.717) is 16.9 Å². The first-order valence-corrected chi connectivity index (χ1v) is 10.1. The third kappa shape index (κ3) is 5.70. The summed E-state index contributed by atoms with van der Waals surface area (Å²) in [5, 5.41) is 10.5. The van der Waals surface area contributed by atoms with Crippen molar-refractivity contribution in [3.63, 3.8) is 0 Å². The Bertz CT molecular complexity index is 1050. The first kappa shape index (κ1) is 22.0. The molecule has 10 heteroatoms. The summed E-state index contributed by atoms with van der Waals surface area (Å²) in [6.07, 6.45) is 1.58. The molecule has 0 bridgehead atoms. The topological polar surface area (TPSA) is 116 Å². The van der Waals surface area contributed by atoms with E-state index in [4.69, 9.17) is 9.47 Å². The quantitative estimate of drug-likeness (QED) is 0.262. The first-order valence-electron chi connectivity index (χ1n) is 9.24. The van der Waals surface area contributed by atoms with Crippen LogP contribution in [-0.4, -0.2) is 40.2 Å². The molecule has 1 aliphatic heterocycles. The van der Waals surface area contributed by atoms with E-state index < -0.39 is 22.0 Å². The Kier molecular flexibility index (Phi) is 7.03. The van der Waals surface area contributed by atoms with Gasteiger partial charge in [0, 0.05) is 12.1 Å². The molecule has 2 amide bonds. The Morgan fingerprint density at radius 3 is 2.61 bits per heavy atom. The van der Waals surface area contributed by atoms with Crippen LogP contribution < -0.4 is 4.74 Å². The number of carbonyl (C=O) groups excluding carboxylic acids is 3. The number of esters is 1. The monoisotopic (exact) mass is 442 g/mol. The molecule has 0 unspecified atom stereocenters. The van der Waals surface area contributed by atoms with Crippen molar-refractivity contribution in [2.75, 3.05) is 13.2 Å². The van der Waals surface area contributed by atoms with Gasteiger partial charge in [-0.3, -0.25) is 24.6 Å². The molecule has 0 aliphatic carbocycles. The zero-order valence-electron chi connectivity index (χ0n) is 16.5. The van der Waals surface area contributed by atoms with E-state index in [-0.39, 0.29) is 30.4 Å². The maximum atomic E-state index is 12.7. The fourth-order valence-corrected chi connectivity index (χ4v) is 3.58. The number of hydrogen-bond donors (Lipinski definition) is 0. The minimum atomic E-state index is -0.530. The second-order valence-electron chi connectivity index (χ2n) is 6.36. The highest BCUT2D eigenvalue weighted by molar-refractivity contribution is 8.18. The van der Waals surface area contributed by atoms with Crippen molar-refractivity contribution in [2.45, 2.75) is 13.5 Å². The Morgan fingerprint density at radius 2 is 1.94 bits per heavy atom. The highest BCUT2D eigenvalue weighted by Crippen LogP contribution is 2.33. The summed E-state index contributed by atoms with van der Waals surface area (Å²) in [6, 6.07) is 12.5. The molecule has 0 atom stereocenters. The summed E-state index contributed by atoms with van der Waals surface area (Å²) in [4.78, 5) is 48.0. The van der Waals surface area contributed by atoms with E-state index in [1.54, 1.807) is 43.3 Å². The van der Waals surface area contributed by atoms with Gasteiger partial charge in [0.25, 0.3) is 16.8 Å². The van der Waals surface area contributed by atoms with E-state index >= 15 is 0 Å². The van der Waals surface area contributed by atoms with E-state index in [9.17, 15) is 24.5 Å². The van der Waals surface area contributed by atoms with Gasteiger partial charge in [0.15, 0.2) is 6.61 Å². The van der Waals surface area contributed by atoms with Gasteiger partial charge in [0.2, 0.25) is 0 Å². The standard InChI is InChI=1S/C21H18N2O7S/c1-2-29-19(24)13-30-17-8-6-14(7-9-17)11-18-20(25)22(21(26)31-18)12-15-4-3-5-16(10-15)23(27)28/h3-11H,2,12-13H2,1H3/b18-11-. The maximum absolute atomic E-state index is 12.7.